The Morgan fingerprint density at radius 3 is 2.50 bits per heavy atom. The van der Waals surface area contributed by atoms with Gasteiger partial charge in [0.05, 0.1) is 27.2 Å². The van der Waals surface area contributed by atoms with E-state index in [9.17, 15) is 10.1 Å². The van der Waals surface area contributed by atoms with Gasteiger partial charge in [-0.05, 0) is 38.1 Å². The molecule has 0 aliphatic heterocycles. The Hall–Kier alpha value is -3.56. The number of nitrogens with zero attached hydrogens (tertiary/aromatic N) is 5. The van der Waals surface area contributed by atoms with E-state index >= 15 is 0 Å². The molecule has 3 heterocycles. The first kappa shape index (κ1) is 21.7. The molecule has 0 saturated carbocycles. The van der Waals surface area contributed by atoms with Gasteiger partial charge in [0.25, 0.3) is 5.69 Å². The molecule has 0 amide bonds. The highest BCUT2D eigenvalue weighted by molar-refractivity contribution is 6.36. The highest BCUT2D eigenvalue weighted by atomic mass is 35.5. The number of pyridine rings is 1. The normalized spacial score (nSPS) is 11.9. The predicted octanol–water partition coefficient (Wildman–Crippen LogP) is 5.63. The molecule has 0 bridgehead atoms. The van der Waals surface area contributed by atoms with Crippen molar-refractivity contribution in [2.24, 2.45) is 0 Å². The Bertz CT molecular complexity index is 1290. The van der Waals surface area contributed by atoms with Crippen LogP contribution in [0.5, 0.6) is 0 Å². The van der Waals surface area contributed by atoms with Crippen LogP contribution < -0.4 is 5.32 Å². The van der Waals surface area contributed by atoms with Crippen LogP contribution in [0.15, 0.2) is 48.9 Å². The molecule has 1 unspecified atom stereocenters. The molecular formula is C21H17Cl2N7O2. The van der Waals surface area contributed by atoms with Crippen molar-refractivity contribution in [1.29, 1.82) is 0 Å². The second-order valence-corrected chi connectivity index (χ2v) is 7.90. The lowest BCUT2D eigenvalue weighted by atomic mass is 10.1. The van der Waals surface area contributed by atoms with Gasteiger partial charge in [0.1, 0.15) is 17.8 Å². The first-order valence-electron chi connectivity index (χ1n) is 9.53. The first-order valence-corrected chi connectivity index (χ1v) is 10.3. The summed E-state index contributed by atoms with van der Waals surface area (Å²) < 4.78 is 0. The number of aryl methyl sites for hydroxylation is 1. The van der Waals surface area contributed by atoms with Crippen molar-refractivity contribution in [2.45, 2.75) is 19.9 Å². The van der Waals surface area contributed by atoms with Gasteiger partial charge in [0.15, 0.2) is 5.82 Å². The van der Waals surface area contributed by atoms with Gasteiger partial charge in [-0.1, -0.05) is 23.2 Å². The third-order valence-corrected chi connectivity index (χ3v) is 5.21. The number of aromatic nitrogens is 5. The maximum Gasteiger partial charge on any atom is 0.287 e. The maximum absolute atomic E-state index is 10.8. The van der Waals surface area contributed by atoms with Crippen LogP contribution in [0.1, 0.15) is 24.5 Å². The van der Waals surface area contributed by atoms with Crippen LogP contribution in [0.3, 0.4) is 0 Å². The zero-order chi connectivity index (χ0) is 22.8. The Kier molecular flexibility index (Phi) is 6.02. The van der Waals surface area contributed by atoms with Crippen LogP contribution in [0.4, 0.5) is 11.5 Å². The second kappa shape index (κ2) is 8.89. The lowest BCUT2D eigenvalue weighted by molar-refractivity contribution is -0.385. The molecule has 2 N–H and O–H groups in total. The molecule has 0 radical (unpaired) electrons. The summed E-state index contributed by atoms with van der Waals surface area (Å²) in [6.07, 6.45) is 4.60. The number of aromatic amines is 1. The monoisotopic (exact) mass is 469 g/mol. The standard InChI is InChI=1S/C21H17Cl2N7O2/c1-11-8-25-21(27-11)16-10-26-20(29-19(16)15-5-3-13(22)7-17(15)23)12(2)28-18-6-4-14(9-24-18)30(31)32/h3-10,12H,1-2H3,(H,24,28)(H,25,27). The third-order valence-electron chi connectivity index (χ3n) is 4.66. The van der Waals surface area contributed by atoms with Crippen molar-refractivity contribution in [3.63, 3.8) is 0 Å². The summed E-state index contributed by atoms with van der Waals surface area (Å²) >= 11 is 12.5. The predicted molar refractivity (Wildman–Crippen MR) is 123 cm³/mol. The van der Waals surface area contributed by atoms with E-state index in [-0.39, 0.29) is 11.7 Å². The summed E-state index contributed by atoms with van der Waals surface area (Å²) in [6, 6.07) is 7.76. The Morgan fingerprint density at radius 2 is 1.88 bits per heavy atom. The fraction of sp³-hybridized carbons (Fsp3) is 0.143. The van der Waals surface area contributed by atoms with Gasteiger partial charge >= 0.3 is 0 Å². The van der Waals surface area contributed by atoms with Crippen molar-refractivity contribution >= 4 is 34.7 Å². The van der Waals surface area contributed by atoms with Crippen LogP contribution in [0, 0.1) is 17.0 Å². The smallest absolute Gasteiger partial charge is 0.287 e. The highest BCUT2D eigenvalue weighted by Crippen LogP contribution is 2.35. The summed E-state index contributed by atoms with van der Waals surface area (Å²) in [5, 5.41) is 14.9. The molecule has 0 aliphatic rings. The number of nitro groups is 1. The first-order chi connectivity index (χ1) is 15.3. The molecule has 32 heavy (non-hydrogen) atoms. The topological polar surface area (TPSA) is 123 Å². The number of imidazole rings is 1. The van der Waals surface area contributed by atoms with E-state index in [1.54, 1.807) is 30.6 Å². The zero-order valence-electron chi connectivity index (χ0n) is 17.0. The molecule has 0 fully saturated rings. The van der Waals surface area contributed by atoms with E-state index in [1.807, 2.05) is 13.8 Å². The Morgan fingerprint density at radius 1 is 1.06 bits per heavy atom. The SMILES string of the molecule is Cc1cnc(-c2cnc(C(C)Nc3ccc([N+](=O)[O-])cn3)nc2-c2ccc(Cl)cc2Cl)[nH]1. The van der Waals surface area contributed by atoms with Crippen molar-refractivity contribution < 1.29 is 4.92 Å². The molecule has 4 rings (SSSR count). The number of nitrogens with one attached hydrogen (secondary N) is 2. The number of H-pyrrole nitrogens is 1. The summed E-state index contributed by atoms with van der Waals surface area (Å²) in [7, 11) is 0. The molecule has 3 aromatic heterocycles. The zero-order valence-corrected chi connectivity index (χ0v) is 18.5. The van der Waals surface area contributed by atoms with E-state index < -0.39 is 4.92 Å². The lowest BCUT2D eigenvalue weighted by Crippen LogP contribution is -2.12. The molecule has 4 aromatic rings. The minimum Gasteiger partial charge on any atom is -0.360 e. The summed E-state index contributed by atoms with van der Waals surface area (Å²) in [6.45, 7) is 3.77. The van der Waals surface area contributed by atoms with Crippen LogP contribution in [0.25, 0.3) is 22.6 Å². The number of hydrogen-bond acceptors (Lipinski definition) is 7. The molecule has 1 atom stereocenters. The van der Waals surface area contributed by atoms with Crippen molar-refractivity contribution in [2.75, 3.05) is 5.32 Å². The van der Waals surface area contributed by atoms with Crippen LogP contribution in [-0.4, -0.2) is 29.8 Å². The van der Waals surface area contributed by atoms with Crippen molar-refractivity contribution in [3.05, 3.63) is 80.6 Å². The van der Waals surface area contributed by atoms with Gasteiger partial charge in [-0.25, -0.2) is 19.9 Å². The van der Waals surface area contributed by atoms with Crippen molar-refractivity contribution in [3.8, 4) is 22.6 Å². The molecule has 1 aromatic carbocycles. The number of halogens is 2. The van der Waals surface area contributed by atoms with E-state index in [0.29, 0.717) is 44.3 Å². The lowest BCUT2D eigenvalue weighted by Gasteiger charge is -2.16. The average Bonchev–Trinajstić information content (AvgIpc) is 3.20. The van der Waals surface area contributed by atoms with E-state index in [0.717, 1.165) is 5.69 Å². The van der Waals surface area contributed by atoms with Gasteiger partial charge in [0, 0.05) is 34.7 Å². The second-order valence-electron chi connectivity index (χ2n) is 7.05. The molecule has 0 spiro atoms. The van der Waals surface area contributed by atoms with E-state index in [1.165, 1.54) is 18.3 Å². The maximum atomic E-state index is 10.8. The highest BCUT2D eigenvalue weighted by Gasteiger charge is 2.19. The van der Waals surface area contributed by atoms with Gasteiger partial charge in [0.2, 0.25) is 0 Å². The van der Waals surface area contributed by atoms with E-state index in [2.05, 4.69) is 25.3 Å². The summed E-state index contributed by atoms with van der Waals surface area (Å²) in [5.74, 6) is 1.56. The molecule has 0 aliphatic carbocycles. The van der Waals surface area contributed by atoms with E-state index in [4.69, 9.17) is 28.2 Å². The fourth-order valence-corrected chi connectivity index (χ4v) is 3.58. The van der Waals surface area contributed by atoms with Crippen LogP contribution >= 0.6 is 23.2 Å². The Labute approximate surface area is 193 Å². The molecule has 11 heteroatoms. The largest absolute Gasteiger partial charge is 0.360 e. The summed E-state index contributed by atoms with van der Waals surface area (Å²) in [4.78, 5) is 31.3. The van der Waals surface area contributed by atoms with Gasteiger partial charge in [-0.15, -0.1) is 0 Å². The average molecular weight is 470 g/mol. The number of hydrogen-bond donors (Lipinski definition) is 2. The van der Waals surface area contributed by atoms with Gasteiger partial charge in [-0.3, -0.25) is 10.1 Å². The van der Waals surface area contributed by atoms with Gasteiger partial charge in [-0.2, -0.15) is 0 Å². The van der Waals surface area contributed by atoms with Crippen LogP contribution in [-0.2, 0) is 0 Å². The molecule has 0 saturated heterocycles. The minimum absolute atomic E-state index is 0.0859. The number of anilines is 1. The van der Waals surface area contributed by atoms with Crippen LogP contribution in [0.2, 0.25) is 10.0 Å². The quantitative estimate of drug-likeness (QED) is 0.277. The van der Waals surface area contributed by atoms with Gasteiger partial charge < -0.3 is 10.3 Å². The fourth-order valence-electron chi connectivity index (χ4n) is 3.08. The third kappa shape index (κ3) is 4.53. The Balaban J connectivity index is 1.72. The minimum atomic E-state index is -0.499. The summed E-state index contributed by atoms with van der Waals surface area (Å²) in [5.41, 5.74) is 2.78. The van der Waals surface area contributed by atoms with Crippen molar-refractivity contribution in [1.82, 2.24) is 24.9 Å². The molecular weight excluding hydrogens is 453 g/mol. The number of benzene rings is 1. The number of rotatable bonds is 6. The molecule has 162 valence electrons. The molecule has 9 nitrogen and oxygen atoms in total.